The first-order valence-electron chi connectivity index (χ1n) is 11.2. The summed E-state index contributed by atoms with van der Waals surface area (Å²) < 4.78 is 0. The van der Waals surface area contributed by atoms with E-state index in [1.165, 1.54) is 15.9 Å². The van der Waals surface area contributed by atoms with Gasteiger partial charge in [0.15, 0.2) is 6.29 Å². The highest BCUT2D eigenvalue weighted by Crippen LogP contribution is 2.58. The Morgan fingerprint density at radius 2 is 1.15 bits per heavy atom. The second-order valence-electron chi connectivity index (χ2n) is 9.42. The largest absolute Gasteiger partial charge is 0.507 e. The van der Waals surface area contributed by atoms with Gasteiger partial charge in [0.05, 0.1) is 11.7 Å². The molecule has 0 radical (unpaired) electrons. The molecule has 3 heteroatoms. The van der Waals surface area contributed by atoms with E-state index in [0.29, 0.717) is 5.56 Å². The molecule has 0 saturated heterocycles. The summed E-state index contributed by atoms with van der Waals surface area (Å²) >= 11 is 0. The molecule has 0 heterocycles. The summed E-state index contributed by atoms with van der Waals surface area (Å²) in [7, 11) is -2.09. The molecule has 0 unspecified atom stereocenters. The number of benzene rings is 4. The molecule has 166 valence electrons. The first kappa shape index (κ1) is 23.0. The third kappa shape index (κ3) is 4.49. The van der Waals surface area contributed by atoms with Crippen molar-refractivity contribution in [1.29, 1.82) is 0 Å². The molecule has 0 aliphatic heterocycles. The maximum atomic E-state index is 11.9. The summed E-state index contributed by atoms with van der Waals surface area (Å²) in [4.78, 5) is 11.9. The zero-order valence-electron chi connectivity index (χ0n) is 19.4. The Labute approximate surface area is 197 Å². The lowest BCUT2D eigenvalue weighted by atomic mass is 9.84. The van der Waals surface area contributed by atoms with Gasteiger partial charge in [0.25, 0.3) is 0 Å². The fourth-order valence-electron chi connectivity index (χ4n) is 4.51. The van der Waals surface area contributed by atoms with Gasteiger partial charge in [0.1, 0.15) is 28.9 Å². The van der Waals surface area contributed by atoms with Gasteiger partial charge in [-0.2, -0.15) is 0 Å². The molecule has 0 bridgehead atoms. The number of hydrogen-bond donors (Lipinski definition) is 1. The standard InChI is InChI=1S/C30H29O2P/c1-30(2,3)28-20-23(19-24(21-31)29(28)32)22-33(25-13-7-4-8-14-25,26-15-9-5-10-16-26)27-17-11-6-12-18-27/h4-21H,22H2,1-3H3/p+1. The van der Waals surface area contributed by atoms with E-state index in [1.807, 2.05) is 6.07 Å². The van der Waals surface area contributed by atoms with Crippen molar-refractivity contribution in [3.8, 4) is 5.75 Å². The van der Waals surface area contributed by atoms with E-state index in [4.69, 9.17) is 0 Å². The molecule has 33 heavy (non-hydrogen) atoms. The van der Waals surface area contributed by atoms with E-state index >= 15 is 0 Å². The van der Waals surface area contributed by atoms with Crippen LogP contribution in [0, 0.1) is 0 Å². The topological polar surface area (TPSA) is 37.3 Å². The van der Waals surface area contributed by atoms with Crippen molar-refractivity contribution in [2.75, 3.05) is 0 Å². The molecule has 0 aliphatic rings. The van der Waals surface area contributed by atoms with Gasteiger partial charge in [-0.1, -0.05) is 75.4 Å². The number of carbonyl (C=O) groups is 1. The molecule has 0 spiro atoms. The smallest absolute Gasteiger partial charge is 0.153 e. The number of phenols is 1. The van der Waals surface area contributed by atoms with Gasteiger partial charge in [-0.05, 0) is 59.5 Å². The number of phenolic OH excluding ortho intramolecular Hbond substituents is 1. The molecular formula is C30H30O2P+. The predicted molar refractivity (Wildman–Crippen MR) is 141 cm³/mol. The van der Waals surface area contributed by atoms with Gasteiger partial charge in [0.2, 0.25) is 0 Å². The van der Waals surface area contributed by atoms with Crippen molar-refractivity contribution in [3.05, 3.63) is 120 Å². The normalized spacial score (nSPS) is 11.8. The number of aromatic hydroxyl groups is 1. The average molecular weight is 454 g/mol. The average Bonchev–Trinajstić information content (AvgIpc) is 2.84. The van der Waals surface area contributed by atoms with Gasteiger partial charge in [-0.3, -0.25) is 4.79 Å². The lowest BCUT2D eigenvalue weighted by Gasteiger charge is -2.29. The first-order valence-corrected chi connectivity index (χ1v) is 13.2. The number of aldehydes is 1. The molecule has 0 saturated carbocycles. The van der Waals surface area contributed by atoms with E-state index in [9.17, 15) is 9.90 Å². The quantitative estimate of drug-likeness (QED) is 0.287. The highest BCUT2D eigenvalue weighted by Gasteiger charge is 2.45. The predicted octanol–water partition coefficient (Wildman–Crippen LogP) is 6.00. The Morgan fingerprint density at radius 3 is 1.52 bits per heavy atom. The first-order chi connectivity index (χ1) is 15.9. The molecule has 4 rings (SSSR count). The van der Waals surface area contributed by atoms with Crippen LogP contribution in [0.5, 0.6) is 5.75 Å². The van der Waals surface area contributed by atoms with Crippen LogP contribution in [0.2, 0.25) is 0 Å². The minimum atomic E-state index is -2.09. The van der Waals surface area contributed by atoms with Crippen LogP contribution in [0.3, 0.4) is 0 Å². The fourth-order valence-corrected chi connectivity index (χ4v) is 8.73. The molecule has 0 fully saturated rings. The lowest BCUT2D eigenvalue weighted by molar-refractivity contribution is 0.112. The zero-order chi connectivity index (χ0) is 23.5. The molecular weight excluding hydrogens is 423 g/mol. The summed E-state index contributed by atoms with van der Waals surface area (Å²) in [6, 6.07) is 36.0. The highest BCUT2D eigenvalue weighted by atomic mass is 31.2. The molecule has 0 amide bonds. The van der Waals surface area contributed by atoms with E-state index in [2.05, 4.69) is 118 Å². The van der Waals surface area contributed by atoms with Crippen LogP contribution < -0.4 is 15.9 Å². The Hall–Kier alpha value is -3.22. The summed E-state index contributed by atoms with van der Waals surface area (Å²) in [6.07, 6.45) is 1.52. The Kier molecular flexibility index (Phi) is 6.49. The zero-order valence-corrected chi connectivity index (χ0v) is 20.3. The van der Waals surface area contributed by atoms with E-state index in [0.717, 1.165) is 23.6 Å². The minimum absolute atomic E-state index is 0.0873. The van der Waals surface area contributed by atoms with Gasteiger partial charge in [0, 0.05) is 5.56 Å². The van der Waals surface area contributed by atoms with Crippen LogP contribution in [-0.2, 0) is 11.6 Å². The Bertz CT molecular complexity index is 1130. The van der Waals surface area contributed by atoms with Crippen LogP contribution in [0.25, 0.3) is 0 Å². The fraction of sp³-hybridized carbons (Fsp3) is 0.167. The molecule has 1 N–H and O–H groups in total. The van der Waals surface area contributed by atoms with Crippen LogP contribution in [0.15, 0.2) is 103 Å². The van der Waals surface area contributed by atoms with E-state index < -0.39 is 7.26 Å². The molecule has 4 aromatic carbocycles. The maximum absolute atomic E-state index is 11.9. The SMILES string of the molecule is CC(C)(C)c1cc(C[P+](c2ccccc2)(c2ccccc2)c2ccccc2)cc(C=O)c1O. The third-order valence-electron chi connectivity index (χ3n) is 6.14. The number of rotatable bonds is 6. The van der Waals surface area contributed by atoms with Gasteiger partial charge < -0.3 is 5.11 Å². The summed E-state index contributed by atoms with van der Waals surface area (Å²) in [5.41, 5.74) is 1.93. The van der Waals surface area contributed by atoms with Gasteiger partial charge in [-0.25, -0.2) is 0 Å². The minimum Gasteiger partial charge on any atom is -0.507 e. The van der Waals surface area contributed by atoms with Crippen molar-refractivity contribution >= 4 is 29.5 Å². The van der Waals surface area contributed by atoms with Crippen molar-refractivity contribution in [2.24, 2.45) is 0 Å². The summed E-state index contributed by atoms with van der Waals surface area (Å²) in [5, 5.41) is 14.7. The summed E-state index contributed by atoms with van der Waals surface area (Å²) in [5.74, 6) is 0.0873. The van der Waals surface area contributed by atoms with Crippen molar-refractivity contribution in [1.82, 2.24) is 0 Å². The van der Waals surface area contributed by atoms with Crippen molar-refractivity contribution in [2.45, 2.75) is 32.3 Å². The van der Waals surface area contributed by atoms with Crippen LogP contribution in [-0.4, -0.2) is 11.4 Å². The monoisotopic (exact) mass is 453 g/mol. The number of hydrogen-bond acceptors (Lipinski definition) is 2. The molecule has 0 atom stereocenters. The van der Waals surface area contributed by atoms with Crippen molar-refractivity contribution < 1.29 is 9.90 Å². The lowest BCUT2D eigenvalue weighted by Crippen LogP contribution is -2.32. The molecule has 0 aromatic heterocycles. The Balaban J connectivity index is 2.02. The van der Waals surface area contributed by atoms with Crippen molar-refractivity contribution in [3.63, 3.8) is 0 Å². The molecule has 2 nitrogen and oxygen atoms in total. The molecule has 4 aromatic rings. The highest BCUT2D eigenvalue weighted by molar-refractivity contribution is 7.95. The van der Waals surface area contributed by atoms with E-state index in [-0.39, 0.29) is 11.2 Å². The van der Waals surface area contributed by atoms with Gasteiger partial charge in [-0.15, -0.1) is 0 Å². The number of carbonyl (C=O) groups excluding carboxylic acids is 1. The van der Waals surface area contributed by atoms with Crippen LogP contribution in [0.1, 0.15) is 42.3 Å². The Morgan fingerprint density at radius 1 is 0.727 bits per heavy atom. The van der Waals surface area contributed by atoms with Gasteiger partial charge >= 0.3 is 0 Å². The van der Waals surface area contributed by atoms with Crippen LogP contribution >= 0.6 is 7.26 Å². The second-order valence-corrected chi connectivity index (χ2v) is 12.9. The van der Waals surface area contributed by atoms with Crippen LogP contribution in [0.4, 0.5) is 0 Å². The maximum Gasteiger partial charge on any atom is 0.153 e. The second kappa shape index (κ2) is 9.33. The summed E-state index contributed by atoms with van der Waals surface area (Å²) in [6.45, 7) is 6.19. The third-order valence-corrected chi connectivity index (χ3v) is 10.5. The van der Waals surface area contributed by atoms with E-state index in [1.54, 1.807) is 0 Å². The molecule has 0 aliphatic carbocycles.